The van der Waals surface area contributed by atoms with E-state index in [-0.39, 0.29) is 12.8 Å². The number of likely N-dealkylation sites (tertiary alicyclic amines) is 1. The molecule has 1 saturated heterocycles. The van der Waals surface area contributed by atoms with Crippen molar-refractivity contribution in [2.75, 3.05) is 20.1 Å². The molecule has 16 heavy (non-hydrogen) atoms. The van der Waals surface area contributed by atoms with Gasteiger partial charge in [0.1, 0.15) is 5.54 Å². The molecule has 4 nitrogen and oxygen atoms in total. The number of alkyl halides is 3. The van der Waals surface area contributed by atoms with Crippen molar-refractivity contribution in [3.05, 3.63) is 0 Å². The first-order valence-electron chi connectivity index (χ1n) is 4.78. The molecule has 0 bridgehead atoms. The van der Waals surface area contributed by atoms with E-state index in [1.807, 2.05) is 11.9 Å². The number of piperidine rings is 1. The summed E-state index contributed by atoms with van der Waals surface area (Å²) in [4.78, 5) is 12.7. The highest BCUT2D eigenvalue weighted by Crippen LogP contribution is 2.23. The molecule has 0 atom stereocenters. The van der Waals surface area contributed by atoms with E-state index in [1.54, 1.807) is 11.4 Å². The summed E-state index contributed by atoms with van der Waals surface area (Å²) in [6.07, 6.45) is -4.52. The van der Waals surface area contributed by atoms with Crippen molar-refractivity contribution in [2.45, 2.75) is 24.6 Å². The predicted octanol–water partition coefficient (Wildman–Crippen LogP) is 0.653. The summed E-state index contributed by atoms with van der Waals surface area (Å²) in [6, 6.07) is 1.78. The van der Waals surface area contributed by atoms with Crippen LogP contribution in [0, 0.1) is 11.3 Å². The second-order valence-corrected chi connectivity index (χ2v) is 3.95. The van der Waals surface area contributed by atoms with Gasteiger partial charge in [-0.25, -0.2) is 0 Å². The molecule has 1 rings (SSSR count). The van der Waals surface area contributed by atoms with Gasteiger partial charge in [0.05, 0.1) is 6.07 Å². The van der Waals surface area contributed by atoms with Crippen molar-refractivity contribution in [2.24, 2.45) is 0 Å². The number of halogens is 3. The molecule has 0 aromatic heterocycles. The van der Waals surface area contributed by atoms with Crippen LogP contribution < -0.4 is 5.32 Å². The number of rotatable bonds is 1. The van der Waals surface area contributed by atoms with Crippen molar-refractivity contribution >= 4 is 5.91 Å². The first-order valence-corrected chi connectivity index (χ1v) is 4.78. The van der Waals surface area contributed by atoms with Crippen LogP contribution in [0.1, 0.15) is 12.8 Å². The van der Waals surface area contributed by atoms with Gasteiger partial charge in [0.2, 0.25) is 0 Å². The molecule has 0 radical (unpaired) electrons. The number of carbonyl (C=O) groups is 1. The maximum absolute atomic E-state index is 12.1. The van der Waals surface area contributed by atoms with Crippen LogP contribution in [-0.2, 0) is 4.79 Å². The van der Waals surface area contributed by atoms with Crippen LogP contribution in [0.3, 0.4) is 0 Å². The maximum Gasteiger partial charge on any atom is 0.471 e. The van der Waals surface area contributed by atoms with E-state index in [0.717, 1.165) is 0 Å². The normalized spacial score (nSPS) is 21.2. The van der Waals surface area contributed by atoms with Crippen LogP contribution in [0.5, 0.6) is 0 Å². The van der Waals surface area contributed by atoms with Gasteiger partial charge < -0.3 is 10.2 Å². The van der Waals surface area contributed by atoms with Crippen LogP contribution in [0.2, 0.25) is 0 Å². The minimum absolute atomic E-state index is 0.210. The zero-order valence-corrected chi connectivity index (χ0v) is 8.76. The Kier molecular flexibility index (Phi) is 3.43. The molecule has 0 unspecified atom stereocenters. The minimum Gasteiger partial charge on any atom is -0.330 e. The Morgan fingerprint density at radius 3 is 2.31 bits per heavy atom. The van der Waals surface area contributed by atoms with E-state index in [9.17, 15) is 18.0 Å². The van der Waals surface area contributed by atoms with E-state index < -0.39 is 17.6 Å². The average molecular weight is 235 g/mol. The number of hydrogen-bond acceptors (Lipinski definition) is 3. The summed E-state index contributed by atoms with van der Waals surface area (Å²) in [5, 5.41) is 10.7. The molecule has 0 aromatic carbocycles. The zero-order valence-electron chi connectivity index (χ0n) is 8.76. The van der Waals surface area contributed by atoms with Crippen molar-refractivity contribution in [1.29, 1.82) is 5.26 Å². The summed E-state index contributed by atoms with van der Waals surface area (Å²) < 4.78 is 36.2. The summed E-state index contributed by atoms with van der Waals surface area (Å²) in [5.41, 5.74) is -1.38. The van der Waals surface area contributed by atoms with Crippen LogP contribution in [0.25, 0.3) is 0 Å². The van der Waals surface area contributed by atoms with Gasteiger partial charge in [-0.2, -0.15) is 18.4 Å². The molecule has 1 fully saturated rings. The number of nitrogens with one attached hydrogen (secondary N) is 1. The lowest BCUT2D eigenvalue weighted by Crippen LogP contribution is -2.56. The summed E-state index contributed by atoms with van der Waals surface area (Å²) in [6.45, 7) is 0.984. The van der Waals surface area contributed by atoms with Crippen LogP contribution >= 0.6 is 0 Å². The Bertz CT molecular complexity index is 313. The molecule has 0 saturated carbocycles. The van der Waals surface area contributed by atoms with Crippen molar-refractivity contribution in [3.8, 4) is 6.07 Å². The van der Waals surface area contributed by atoms with Crippen LogP contribution in [-0.4, -0.2) is 42.7 Å². The third-order valence-corrected chi connectivity index (χ3v) is 2.66. The summed E-state index contributed by atoms with van der Waals surface area (Å²) in [5.74, 6) is -2.04. The van der Waals surface area contributed by atoms with Gasteiger partial charge in [0.25, 0.3) is 0 Å². The number of nitriles is 1. The highest BCUT2D eigenvalue weighted by atomic mass is 19.4. The largest absolute Gasteiger partial charge is 0.471 e. The molecule has 7 heteroatoms. The molecular weight excluding hydrogens is 223 g/mol. The van der Waals surface area contributed by atoms with Gasteiger partial charge >= 0.3 is 12.1 Å². The topological polar surface area (TPSA) is 56.1 Å². The van der Waals surface area contributed by atoms with Gasteiger partial charge in [-0.3, -0.25) is 4.79 Å². The molecule has 1 amide bonds. The van der Waals surface area contributed by atoms with Crippen LogP contribution in [0.4, 0.5) is 13.2 Å². The first-order chi connectivity index (χ1) is 7.29. The summed E-state index contributed by atoms with van der Waals surface area (Å²) >= 11 is 0. The van der Waals surface area contributed by atoms with Crippen molar-refractivity contribution in [1.82, 2.24) is 10.2 Å². The van der Waals surface area contributed by atoms with Gasteiger partial charge in [-0.05, 0) is 19.9 Å². The smallest absolute Gasteiger partial charge is 0.330 e. The van der Waals surface area contributed by atoms with E-state index in [0.29, 0.717) is 13.1 Å². The van der Waals surface area contributed by atoms with E-state index in [4.69, 9.17) is 5.26 Å². The van der Waals surface area contributed by atoms with Crippen molar-refractivity contribution < 1.29 is 18.0 Å². The molecule has 0 aromatic rings. The zero-order chi connectivity index (χ0) is 12.4. The number of hydrogen-bond donors (Lipinski definition) is 1. The van der Waals surface area contributed by atoms with E-state index in [1.165, 1.54) is 0 Å². The quantitative estimate of drug-likeness (QED) is 0.726. The lowest BCUT2D eigenvalue weighted by atomic mass is 9.89. The molecule has 0 aliphatic carbocycles. The Labute approximate surface area is 91.0 Å². The molecule has 1 aliphatic rings. The number of amides is 1. The number of nitrogens with zero attached hydrogens (tertiary/aromatic N) is 2. The Balaban J connectivity index is 2.70. The monoisotopic (exact) mass is 235 g/mol. The SMILES string of the molecule is CN1CCC(C#N)(NC(=O)C(F)(F)F)CC1. The fourth-order valence-corrected chi connectivity index (χ4v) is 1.55. The van der Waals surface area contributed by atoms with E-state index >= 15 is 0 Å². The minimum atomic E-state index is -4.94. The average Bonchev–Trinajstić information content (AvgIpc) is 2.20. The second kappa shape index (κ2) is 4.29. The Morgan fingerprint density at radius 2 is 1.94 bits per heavy atom. The van der Waals surface area contributed by atoms with Gasteiger partial charge in [-0.15, -0.1) is 0 Å². The Hall–Kier alpha value is -1.29. The molecule has 1 heterocycles. The standard InChI is InChI=1S/C9H12F3N3O/c1-15-4-2-8(6-13,3-5-15)14-7(16)9(10,11)12/h2-5H2,1H3,(H,14,16). The Morgan fingerprint density at radius 1 is 1.44 bits per heavy atom. The third kappa shape index (κ3) is 2.85. The van der Waals surface area contributed by atoms with E-state index in [2.05, 4.69) is 0 Å². The molecule has 1 aliphatic heterocycles. The molecule has 0 spiro atoms. The number of carbonyl (C=O) groups excluding carboxylic acids is 1. The van der Waals surface area contributed by atoms with Gasteiger partial charge in [0, 0.05) is 13.1 Å². The molecular formula is C9H12F3N3O. The highest BCUT2D eigenvalue weighted by Gasteiger charge is 2.45. The fourth-order valence-electron chi connectivity index (χ4n) is 1.55. The van der Waals surface area contributed by atoms with Gasteiger partial charge in [0.15, 0.2) is 0 Å². The summed E-state index contributed by atoms with van der Waals surface area (Å²) in [7, 11) is 1.81. The maximum atomic E-state index is 12.1. The molecule has 1 N–H and O–H groups in total. The first kappa shape index (κ1) is 12.8. The van der Waals surface area contributed by atoms with Gasteiger partial charge in [-0.1, -0.05) is 0 Å². The predicted molar refractivity (Wildman–Crippen MR) is 49.3 cm³/mol. The highest BCUT2D eigenvalue weighted by molar-refractivity contribution is 5.82. The van der Waals surface area contributed by atoms with Crippen molar-refractivity contribution in [3.63, 3.8) is 0 Å². The second-order valence-electron chi connectivity index (χ2n) is 3.95. The van der Waals surface area contributed by atoms with Crippen LogP contribution in [0.15, 0.2) is 0 Å². The lowest BCUT2D eigenvalue weighted by molar-refractivity contribution is -0.175. The molecule has 90 valence electrons. The fraction of sp³-hybridized carbons (Fsp3) is 0.778. The lowest BCUT2D eigenvalue weighted by Gasteiger charge is -2.36. The third-order valence-electron chi connectivity index (χ3n) is 2.66.